The van der Waals surface area contributed by atoms with Crippen molar-refractivity contribution < 1.29 is 0 Å². The summed E-state index contributed by atoms with van der Waals surface area (Å²) in [6, 6.07) is 18.4. The highest BCUT2D eigenvalue weighted by atomic mass is 79.9. The number of halogens is 2. The van der Waals surface area contributed by atoms with Gasteiger partial charge in [0.15, 0.2) is 0 Å². The van der Waals surface area contributed by atoms with Gasteiger partial charge >= 0.3 is 0 Å². The Labute approximate surface area is 124 Å². The molecule has 0 heterocycles. The number of nitrogens with one attached hydrogen (secondary N) is 1. The minimum absolute atomic E-state index is 0.769. The van der Waals surface area contributed by atoms with E-state index in [0.717, 1.165) is 21.2 Å². The van der Waals surface area contributed by atoms with Gasteiger partial charge in [-0.05, 0) is 29.8 Å². The van der Waals surface area contributed by atoms with Gasteiger partial charge in [0.1, 0.15) is 0 Å². The Balaban J connectivity index is 1.96. The van der Waals surface area contributed by atoms with Crippen LogP contribution >= 0.6 is 31.9 Å². The van der Waals surface area contributed by atoms with Crippen molar-refractivity contribution in [1.29, 1.82) is 0 Å². The molecular weight excluding hydrogens is 354 g/mol. The smallest absolute Gasteiger partial charge is 0.0466 e. The number of benzene rings is 2. The van der Waals surface area contributed by atoms with E-state index in [0.29, 0.717) is 0 Å². The van der Waals surface area contributed by atoms with Gasteiger partial charge in [-0.15, -0.1) is 0 Å². The molecule has 0 radical (unpaired) electrons. The summed E-state index contributed by atoms with van der Waals surface area (Å²) in [4.78, 5) is 0. The first kappa shape index (κ1) is 13.4. The molecular formula is C15H13Br2N. The Kier molecular flexibility index (Phi) is 5.02. The SMILES string of the molecule is BrC(=Cc1ccccc1)CNc1cccc(Br)c1. The molecule has 2 rings (SSSR count). The van der Waals surface area contributed by atoms with Crippen molar-refractivity contribution in [3.63, 3.8) is 0 Å². The summed E-state index contributed by atoms with van der Waals surface area (Å²) in [6.45, 7) is 0.769. The summed E-state index contributed by atoms with van der Waals surface area (Å²) in [7, 11) is 0. The van der Waals surface area contributed by atoms with Crippen molar-refractivity contribution in [2.45, 2.75) is 0 Å². The fourth-order valence-electron chi connectivity index (χ4n) is 1.57. The number of hydrogen-bond donors (Lipinski definition) is 1. The monoisotopic (exact) mass is 365 g/mol. The van der Waals surface area contributed by atoms with E-state index < -0.39 is 0 Å². The molecule has 1 N–H and O–H groups in total. The Morgan fingerprint density at radius 2 is 1.83 bits per heavy atom. The summed E-state index contributed by atoms with van der Waals surface area (Å²) >= 11 is 7.03. The maximum Gasteiger partial charge on any atom is 0.0466 e. The lowest BCUT2D eigenvalue weighted by Crippen LogP contribution is -2.00. The lowest BCUT2D eigenvalue weighted by molar-refractivity contribution is 1.32. The maximum absolute atomic E-state index is 3.58. The average Bonchev–Trinajstić information content (AvgIpc) is 2.38. The van der Waals surface area contributed by atoms with Crippen LogP contribution in [0.2, 0.25) is 0 Å². The molecule has 18 heavy (non-hydrogen) atoms. The van der Waals surface area contributed by atoms with E-state index in [-0.39, 0.29) is 0 Å². The molecule has 3 heteroatoms. The highest BCUT2D eigenvalue weighted by Crippen LogP contribution is 2.17. The van der Waals surface area contributed by atoms with Crippen LogP contribution in [0.4, 0.5) is 5.69 Å². The molecule has 0 atom stereocenters. The summed E-state index contributed by atoms with van der Waals surface area (Å²) in [5.74, 6) is 0. The van der Waals surface area contributed by atoms with Crippen molar-refractivity contribution in [2.24, 2.45) is 0 Å². The summed E-state index contributed by atoms with van der Waals surface area (Å²) in [5.41, 5.74) is 2.29. The zero-order chi connectivity index (χ0) is 12.8. The van der Waals surface area contributed by atoms with Crippen LogP contribution < -0.4 is 5.32 Å². The minimum atomic E-state index is 0.769. The van der Waals surface area contributed by atoms with Crippen molar-refractivity contribution in [3.8, 4) is 0 Å². The van der Waals surface area contributed by atoms with Gasteiger partial charge in [-0.2, -0.15) is 0 Å². The van der Waals surface area contributed by atoms with Gasteiger partial charge < -0.3 is 5.32 Å². The molecule has 0 aliphatic carbocycles. The van der Waals surface area contributed by atoms with Crippen LogP contribution in [-0.2, 0) is 0 Å². The van der Waals surface area contributed by atoms with Crippen molar-refractivity contribution in [3.05, 3.63) is 69.1 Å². The molecule has 0 saturated heterocycles. The summed E-state index contributed by atoms with van der Waals surface area (Å²) in [5, 5.41) is 3.36. The number of rotatable bonds is 4. The van der Waals surface area contributed by atoms with Crippen LogP contribution in [0.25, 0.3) is 6.08 Å². The van der Waals surface area contributed by atoms with E-state index in [1.54, 1.807) is 0 Å². The number of hydrogen-bond acceptors (Lipinski definition) is 1. The van der Waals surface area contributed by atoms with Gasteiger partial charge in [0.25, 0.3) is 0 Å². The van der Waals surface area contributed by atoms with E-state index in [1.807, 2.05) is 36.4 Å². The van der Waals surface area contributed by atoms with Gasteiger partial charge in [-0.1, -0.05) is 68.3 Å². The first-order valence-electron chi connectivity index (χ1n) is 5.64. The van der Waals surface area contributed by atoms with Crippen molar-refractivity contribution >= 4 is 43.6 Å². The van der Waals surface area contributed by atoms with Crippen LogP contribution in [0, 0.1) is 0 Å². The maximum atomic E-state index is 3.58. The normalized spacial score (nSPS) is 11.3. The van der Waals surface area contributed by atoms with E-state index >= 15 is 0 Å². The quantitative estimate of drug-likeness (QED) is 0.774. The van der Waals surface area contributed by atoms with Gasteiger partial charge in [-0.25, -0.2) is 0 Å². The second kappa shape index (κ2) is 6.76. The summed E-state index contributed by atoms with van der Waals surface area (Å²) in [6.07, 6.45) is 2.12. The summed E-state index contributed by atoms with van der Waals surface area (Å²) < 4.78 is 2.20. The zero-order valence-electron chi connectivity index (χ0n) is 9.74. The fourth-order valence-corrected chi connectivity index (χ4v) is 2.37. The van der Waals surface area contributed by atoms with Crippen LogP contribution in [0.5, 0.6) is 0 Å². The molecule has 2 aromatic rings. The molecule has 0 fully saturated rings. The molecule has 0 unspecified atom stereocenters. The molecule has 0 aromatic heterocycles. The molecule has 0 bridgehead atoms. The Morgan fingerprint density at radius 1 is 1.06 bits per heavy atom. The molecule has 0 spiro atoms. The topological polar surface area (TPSA) is 12.0 Å². The Bertz CT molecular complexity index is 535. The molecule has 0 aliphatic rings. The van der Waals surface area contributed by atoms with E-state index in [2.05, 4.69) is 61.5 Å². The lowest BCUT2D eigenvalue weighted by Gasteiger charge is -2.06. The molecule has 92 valence electrons. The standard InChI is InChI=1S/C15H13Br2N/c16-13-7-4-8-15(10-13)18-11-14(17)9-12-5-2-1-3-6-12/h1-10,18H,11H2. The molecule has 0 aliphatic heterocycles. The second-order valence-electron chi connectivity index (χ2n) is 3.87. The highest BCUT2D eigenvalue weighted by molar-refractivity contribution is 9.11. The lowest BCUT2D eigenvalue weighted by atomic mass is 10.2. The molecule has 0 saturated carbocycles. The fraction of sp³-hybridized carbons (Fsp3) is 0.0667. The average molecular weight is 367 g/mol. The molecule has 1 nitrogen and oxygen atoms in total. The minimum Gasteiger partial charge on any atom is -0.380 e. The number of anilines is 1. The first-order valence-corrected chi connectivity index (χ1v) is 7.23. The van der Waals surface area contributed by atoms with Crippen LogP contribution in [0.1, 0.15) is 5.56 Å². The second-order valence-corrected chi connectivity index (χ2v) is 5.80. The van der Waals surface area contributed by atoms with Gasteiger partial charge in [-0.3, -0.25) is 0 Å². The van der Waals surface area contributed by atoms with Gasteiger partial charge in [0, 0.05) is 21.2 Å². The third-order valence-electron chi connectivity index (χ3n) is 2.41. The largest absolute Gasteiger partial charge is 0.380 e. The Morgan fingerprint density at radius 3 is 2.56 bits per heavy atom. The van der Waals surface area contributed by atoms with Crippen LogP contribution in [0.3, 0.4) is 0 Å². The van der Waals surface area contributed by atoms with Crippen molar-refractivity contribution in [2.75, 3.05) is 11.9 Å². The first-order chi connectivity index (χ1) is 8.74. The molecule has 2 aromatic carbocycles. The predicted molar refractivity (Wildman–Crippen MR) is 86.0 cm³/mol. The van der Waals surface area contributed by atoms with E-state index in [1.165, 1.54) is 5.56 Å². The van der Waals surface area contributed by atoms with E-state index in [9.17, 15) is 0 Å². The third-order valence-corrected chi connectivity index (χ3v) is 3.41. The third kappa shape index (κ3) is 4.31. The van der Waals surface area contributed by atoms with Crippen LogP contribution in [0.15, 0.2) is 63.6 Å². The highest BCUT2D eigenvalue weighted by Gasteiger charge is 1.95. The Hall–Kier alpha value is -1.06. The van der Waals surface area contributed by atoms with Crippen LogP contribution in [-0.4, -0.2) is 6.54 Å². The van der Waals surface area contributed by atoms with Gasteiger partial charge in [0.05, 0.1) is 0 Å². The molecule has 0 amide bonds. The zero-order valence-corrected chi connectivity index (χ0v) is 12.9. The predicted octanol–water partition coefficient (Wildman–Crippen LogP) is 5.30. The van der Waals surface area contributed by atoms with Gasteiger partial charge in [0.2, 0.25) is 0 Å². The van der Waals surface area contributed by atoms with E-state index in [4.69, 9.17) is 0 Å². The van der Waals surface area contributed by atoms with Crippen molar-refractivity contribution in [1.82, 2.24) is 0 Å².